The van der Waals surface area contributed by atoms with Gasteiger partial charge in [-0.3, -0.25) is 0 Å². The number of hydrogen-bond acceptors (Lipinski definition) is 1. The molecule has 0 unspecified atom stereocenters. The summed E-state index contributed by atoms with van der Waals surface area (Å²) < 4.78 is 0. The standard InChI is InChI=1S/C50H34SSi/c1-5-17-35(18-6-1)37-29-31-47-45(33-37)46-34-38(30-32-48(46)52(47,39-21-9-3-10-22-39)40-23-11-4-12-24-40)49-43-27-15-16-28-44(43)50(51-49)42-26-14-13-25-41(42)36-19-7-2-8-20-36/h1-34H. The molecule has 0 nitrogen and oxygen atoms in total. The predicted octanol–water partition coefficient (Wildman–Crippen LogP) is 10.9. The molecule has 0 spiro atoms. The topological polar surface area (TPSA) is 0 Å². The van der Waals surface area contributed by atoms with Crippen LogP contribution in [0.5, 0.6) is 0 Å². The molecule has 0 bridgehead atoms. The molecule has 2 heterocycles. The first-order chi connectivity index (χ1) is 25.8. The average molecular weight is 695 g/mol. The molecule has 0 N–H and O–H groups in total. The molecule has 0 fully saturated rings. The monoisotopic (exact) mass is 694 g/mol. The zero-order valence-corrected chi connectivity index (χ0v) is 30.4. The molecule has 0 saturated heterocycles. The van der Waals surface area contributed by atoms with Crippen LogP contribution in [0.25, 0.3) is 65.0 Å². The third-order valence-corrected chi connectivity index (χ3v) is 17.0. The lowest BCUT2D eigenvalue weighted by Gasteiger charge is -2.31. The summed E-state index contributed by atoms with van der Waals surface area (Å²) in [5.74, 6) is 0. The van der Waals surface area contributed by atoms with Crippen LogP contribution in [0.15, 0.2) is 206 Å². The van der Waals surface area contributed by atoms with Crippen molar-refractivity contribution in [1.29, 1.82) is 0 Å². The van der Waals surface area contributed by atoms with E-state index in [2.05, 4.69) is 206 Å². The molecule has 0 aliphatic carbocycles. The lowest BCUT2D eigenvalue weighted by Crippen LogP contribution is -2.72. The van der Waals surface area contributed by atoms with Crippen LogP contribution in [0, 0.1) is 0 Å². The van der Waals surface area contributed by atoms with Crippen molar-refractivity contribution in [2.45, 2.75) is 0 Å². The van der Waals surface area contributed by atoms with E-state index in [0.717, 1.165) is 0 Å². The van der Waals surface area contributed by atoms with E-state index in [4.69, 9.17) is 0 Å². The maximum atomic E-state index is 2.51. The largest absolute Gasteiger partial charge is 0.180 e. The lowest BCUT2D eigenvalue weighted by atomic mass is 9.96. The van der Waals surface area contributed by atoms with Crippen LogP contribution < -0.4 is 20.7 Å². The summed E-state index contributed by atoms with van der Waals surface area (Å²) in [7, 11) is -2.62. The smallest absolute Gasteiger partial charge is 0.134 e. The lowest BCUT2D eigenvalue weighted by molar-refractivity contribution is 1.62. The van der Waals surface area contributed by atoms with Crippen molar-refractivity contribution in [2.75, 3.05) is 0 Å². The van der Waals surface area contributed by atoms with E-state index in [1.54, 1.807) is 0 Å². The molecule has 52 heavy (non-hydrogen) atoms. The van der Waals surface area contributed by atoms with E-state index in [9.17, 15) is 0 Å². The van der Waals surface area contributed by atoms with Gasteiger partial charge in [-0.2, -0.15) is 0 Å². The fourth-order valence-electron chi connectivity index (χ4n) is 8.51. The van der Waals surface area contributed by atoms with E-state index >= 15 is 0 Å². The quantitative estimate of drug-likeness (QED) is 0.152. The van der Waals surface area contributed by atoms with Crippen molar-refractivity contribution in [3.63, 3.8) is 0 Å². The highest BCUT2D eigenvalue weighted by Crippen LogP contribution is 2.47. The second kappa shape index (κ2) is 12.6. The molecule has 10 rings (SSSR count). The Morgan fingerprint density at radius 2 is 0.731 bits per heavy atom. The molecule has 0 atom stereocenters. The van der Waals surface area contributed by atoms with Crippen LogP contribution in [0.1, 0.15) is 0 Å². The fraction of sp³-hybridized carbons (Fsp3) is 0. The van der Waals surface area contributed by atoms with Crippen molar-refractivity contribution in [2.24, 2.45) is 0 Å². The predicted molar refractivity (Wildman–Crippen MR) is 226 cm³/mol. The van der Waals surface area contributed by atoms with Gasteiger partial charge in [0.15, 0.2) is 8.07 Å². The third kappa shape index (κ3) is 4.80. The van der Waals surface area contributed by atoms with Gasteiger partial charge in [0.25, 0.3) is 0 Å². The van der Waals surface area contributed by atoms with E-state index < -0.39 is 8.07 Å². The zero-order chi connectivity index (χ0) is 34.5. The summed E-state index contributed by atoms with van der Waals surface area (Å²) in [6, 6.07) is 76.6. The summed E-state index contributed by atoms with van der Waals surface area (Å²) in [6.07, 6.45) is 0. The van der Waals surface area contributed by atoms with Crippen LogP contribution in [0.3, 0.4) is 0 Å². The number of rotatable bonds is 6. The van der Waals surface area contributed by atoms with E-state index in [1.807, 2.05) is 11.3 Å². The van der Waals surface area contributed by atoms with Gasteiger partial charge in [-0.05, 0) is 71.8 Å². The number of benzene rings is 8. The molecule has 244 valence electrons. The van der Waals surface area contributed by atoms with Crippen molar-refractivity contribution in [3.8, 4) is 54.3 Å². The van der Waals surface area contributed by atoms with Crippen LogP contribution in [-0.2, 0) is 0 Å². The number of fused-ring (bicyclic) bond motifs is 4. The third-order valence-electron chi connectivity index (χ3n) is 10.8. The van der Waals surface area contributed by atoms with Gasteiger partial charge < -0.3 is 0 Å². The minimum absolute atomic E-state index is 1.24. The first-order valence-corrected chi connectivity index (χ1v) is 20.7. The Hall–Kier alpha value is -6.06. The van der Waals surface area contributed by atoms with Gasteiger partial charge in [0.2, 0.25) is 0 Å². The Labute approximate surface area is 310 Å². The Morgan fingerprint density at radius 1 is 0.288 bits per heavy atom. The summed E-state index contributed by atoms with van der Waals surface area (Å²) in [4.78, 5) is 2.63. The van der Waals surface area contributed by atoms with Gasteiger partial charge in [0.1, 0.15) is 0 Å². The van der Waals surface area contributed by atoms with Gasteiger partial charge in [-0.15, -0.1) is 11.3 Å². The molecule has 8 aromatic carbocycles. The molecular weight excluding hydrogens is 661 g/mol. The summed E-state index contributed by atoms with van der Waals surface area (Å²) in [6.45, 7) is 0. The highest BCUT2D eigenvalue weighted by Gasteiger charge is 2.48. The molecule has 9 aromatic rings. The van der Waals surface area contributed by atoms with Gasteiger partial charge in [0, 0.05) is 26.1 Å². The van der Waals surface area contributed by atoms with E-state index in [-0.39, 0.29) is 0 Å². The van der Waals surface area contributed by atoms with Crippen molar-refractivity contribution in [1.82, 2.24) is 0 Å². The summed E-state index contributed by atoms with van der Waals surface area (Å²) in [5.41, 5.74) is 10.3. The van der Waals surface area contributed by atoms with E-state index in [1.165, 1.54) is 85.8 Å². The Morgan fingerprint density at radius 3 is 1.33 bits per heavy atom. The van der Waals surface area contributed by atoms with Crippen molar-refractivity contribution in [3.05, 3.63) is 206 Å². The zero-order valence-electron chi connectivity index (χ0n) is 28.5. The molecule has 2 heteroatoms. The van der Waals surface area contributed by atoms with Crippen LogP contribution in [0.2, 0.25) is 0 Å². The molecular formula is C50H34SSi. The van der Waals surface area contributed by atoms with Crippen LogP contribution in [-0.4, -0.2) is 8.07 Å². The Kier molecular flexibility index (Phi) is 7.45. The molecule has 1 aliphatic heterocycles. The Bertz CT molecular complexity index is 2670. The maximum Gasteiger partial charge on any atom is 0.180 e. The summed E-state index contributed by atoms with van der Waals surface area (Å²) >= 11 is 1.92. The number of thiophene rings is 1. The molecule has 0 radical (unpaired) electrons. The highest BCUT2D eigenvalue weighted by molar-refractivity contribution is 7.22. The minimum Gasteiger partial charge on any atom is -0.134 e. The second-order valence-electron chi connectivity index (χ2n) is 13.6. The van der Waals surface area contributed by atoms with Crippen LogP contribution in [0.4, 0.5) is 0 Å². The first kappa shape index (κ1) is 30.7. The normalized spacial score (nSPS) is 12.8. The van der Waals surface area contributed by atoms with Crippen molar-refractivity contribution >= 4 is 50.9 Å². The average Bonchev–Trinajstić information content (AvgIpc) is 3.76. The highest BCUT2D eigenvalue weighted by atomic mass is 32.1. The molecule has 0 amide bonds. The van der Waals surface area contributed by atoms with Crippen LogP contribution >= 0.6 is 11.3 Å². The number of hydrogen-bond donors (Lipinski definition) is 0. The molecule has 0 saturated carbocycles. The molecule has 1 aromatic heterocycles. The van der Waals surface area contributed by atoms with Gasteiger partial charge >= 0.3 is 0 Å². The first-order valence-electron chi connectivity index (χ1n) is 17.9. The molecule has 1 aliphatic rings. The second-order valence-corrected chi connectivity index (χ2v) is 18.3. The van der Waals surface area contributed by atoms with Gasteiger partial charge in [-0.25, -0.2) is 0 Å². The fourth-order valence-corrected chi connectivity index (χ4v) is 15.0. The van der Waals surface area contributed by atoms with Gasteiger partial charge in [0.05, 0.1) is 0 Å². The van der Waals surface area contributed by atoms with E-state index in [0.29, 0.717) is 0 Å². The summed E-state index contributed by atoms with van der Waals surface area (Å²) in [5, 5.41) is 8.37. The SMILES string of the molecule is c1ccc(-c2ccc3c(c2)-c2cc(-c4sc(-c5ccccc5-c5ccccc5)c5ccccc45)ccc2[Si]3(c2ccccc2)c2ccccc2)cc1. The minimum atomic E-state index is -2.62. The van der Waals surface area contributed by atoms with Crippen molar-refractivity contribution < 1.29 is 0 Å². The Balaban J connectivity index is 1.23. The van der Waals surface area contributed by atoms with Gasteiger partial charge in [-0.1, -0.05) is 194 Å². The maximum absolute atomic E-state index is 2.62.